The molecule has 0 aromatic heterocycles. The summed E-state index contributed by atoms with van der Waals surface area (Å²) in [6.07, 6.45) is 1.22. The molecule has 1 heterocycles. The Morgan fingerprint density at radius 3 is 2.83 bits per heavy atom. The lowest BCUT2D eigenvalue weighted by molar-refractivity contribution is -0.121. The van der Waals surface area contributed by atoms with Gasteiger partial charge in [0.1, 0.15) is 11.6 Å². The number of hydrogen-bond donors (Lipinski definition) is 1. The van der Waals surface area contributed by atoms with Crippen LogP contribution in [0.4, 0.5) is 4.39 Å². The Morgan fingerprint density at radius 2 is 2.00 bits per heavy atom. The Morgan fingerprint density at radius 1 is 1.22 bits per heavy atom. The van der Waals surface area contributed by atoms with Gasteiger partial charge in [-0.05, 0) is 30.3 Å². The molecule has 1 aliphatic heterocycles. The molecular formula is C18H18FNO2S. The van der Waals surface area contributed by atoms with E-state index in [1.54, 1.807) is 23.9 Å². The summed E-state index contributed by atoms with van der Waals surface area (Å²) in [5, 5.41) is 3.08. The lowest BCUT2D eigenvalue weighted by atomic mass is 10.0. The molecule has 2 aromatic carbocycles. The van der Waals surface area contributed by atoms with E-state index in [0.717, 1.165) is 22.6 Å². The number of rotatable bonds is 5. The maximum atomic E-state index is 12.8. The number of thioether (sulfide) groups is 1. The second-order valence-electron chi connectivity index (χ2n) is 5.35. The van der Waals surface area contributed by atoms with Crippen LogP contribution in [-0.4, -0.2) is 18.3 Å². The largest absolute Gasteiger partial charge is 0.493 e. The van der Waals surface area contributed by atoms with Crippen LogP contribution in [-0.2, 0) is 4.79 Å². The zero-order chi connectivity index (χ0) is 16.1. The number of fused-ring (bicyclic) bond motifs is 1. The zero-order valence-electron chi connectivity index (χ0n) is 12.6. The molecule has 1 atom stereocenters. The summed E-state index contributed by atoms with van der Waals surface area (Å²) in [5.74, 6) is 1.30. The molecule has 0 saturated heterocycles. The maximum absolute atomic E-state index is 12.8. The van der Waals surface area contributed by atoms with Gasteiger partial charge in [0.2, 0.25) is 5.91 Å². The molecule has 120 valence electrons. The minimum atomic E-state index is -0.245. The monoisotopic (exact) mass is 331 g/mol. The first kappa shape index (κ1) is 15.9. The van der Waals surface area contributed by atoms with Gasteiger partial charge >= 0.3 is 0 Å². The van der Waals surface area contributed by atoms with Gasteiger partial charge in [0, 0.05) is 29.1 Å². The van der Waals surface area contributed by atoms with E-state index in [1.807, 2.05) is 24.3 Å². The normalized spacial score (nSPS) is 16.3. The van der Waals surface area contributed by atoms with Crippen LogP contribution >= 0.6 is 11.8 Å². The van der Waals surface area contributed by atoms with Crippen molar-refractivity contribution in [2.75, 3.05) is 12.4 Å². The Hall–Kier alpha value is -2.01. The summed E-state index contributed by atoms with van der Waals surface area (Å²) in [6.45, 7) is 0.617. The second kappa shape index (κ2) is 7.51. The number of carbonyl (C=O) groups is 1. The zero-order valence-corrected chi connectivity index (χ0v) is 13.4. The molecule has 5 heteroatoms. The third kappa shape index (κ3) is 4.26. The van der Waals surface area contributed by atoms with Crippen molar-refractivity contribution in [2.24, 2.45) is 0 Å². The van der Waals surface area contributed by atoms with Crippen molar-refractivity contribution in [3.8, 4) is 5.75 Å². The Labute approximate surface area is 139 Å². The second-order valence-corrected chi connectivity index (χ2v) is 6.52. The highest BCUT2D eigenvalue weighted by Crippen LogP contribution is 2.31. The molecule has 0 bridgehead atoms. The van der Waals surface area contributed by atoms with Crippen molar-refractivity contribution in [3.63, 3.8) is 0 Å². The summed E-state index contributed by atoms with van der Waals surface area (Å²) >= 11 is 1.55. The molecule has 1 aliphatic rings. The van der Waals surface area contributed by atoms with Gasteiger partial charge in [0.15, 0.2) is 0 Å². The first-order chi connectivity index (χ1) is 11.2. The predicted octanol–water partition coefficient (Wildman–Crippen LogP) is 3.95. The van der Waals surface area contributed by atoms with Crippen LogP contribution in [0.25, 0.3) is 0 Å². The van der Waals surface area contributed by atoms with Crippen LogP contribution in [0.15, 0.2) is 53.4 Å². The van der Waals surface area contributed by atoms with E-state index in [0.29, 0.717) is 18.8 Å². The van der Waals surface area contributed by atoms with Crippen LogP contribution < -0.4 is 10.1 Å². The lowest BCUT2D eigenvalue weighted by Gasteiger charge is -2.26. The standard InChI is InChI=1S/C18H18FNO2S/c19-13-5-7-14(8-6-13)23-12-10-18(21)20-16-9-11-22-17-4-2-1-3-15(16)17/h1-8,16H,9-12H2,(H,20,21). The van der Waals surface area contributed by atoms with E-state index in [4.69, 9.17) is 4.74 Å². The molecule has 0 fully saturated rings. The van der Waals surface area contributed by atoms with E-state index in [9.17, 15) is 9.18 Å². The molecule has 3 nitrogen and oxygen atoms in total. The predicted molar refractivity (Wildman–Crippen MR) is 89.2 cm³/mol. The summed E-state index contributed by atoms with van der Waals surface area (Å²) in [6, 6.07) is 14.1. The molecule has 23 heavy (non-hydrogen) atoms. The van der Waals surface area contributed by atoms with E-state index in [1.165, 1.54) is 12.1 Å². The lowest BCUT2D eigenvalue weighted by Crippen LogP contribution is -2.32. The fourth-order valence-corrected chi connectivity index (χ4v) is 3.40. The first-order valence-electron chi connectivity index (χ1n) is 7.62. The van der Waals surface area contributed by atoms with Crippen LogP contribution in [0.2, 0.25) is 0 Å². The van der Waals surface area contributed by atoms with E-state index < -0.39 is 0 Å². The SMILES string of the molecule is O=C(CCSc1ccc(F)cc1)NC1CCOc2ccccc21. The molecular weight excluding hydrogens is 313 g/mol. The van der Waals surface area contributed by atoms with Gasteiger partial charge in [0.25, 0.3) is 0 Å². The maximum Gasteiger partial charge on any atom is 0.221 e. The molecule has 0 saturated carbocycles. The average Bonchev–Trinajstić information content (AvgIpc) is 2.57. The number of benzene rings is 2. The van der Waals surface area contributed by atoms with E-state index in [-0.39, 0.29) is 17.8 Å². The summed E-state index contributed by atoms with van der Waals surface area (Å²) in [4.78, 5) is 13.1. The number of para-hydroxylation sites is 1. The fourth-order valence-electron chi connectivity index (χ4n) is 2.55. The van der Waals surface area contributed by atoms with Crippen LogP contribution in [0.1, 0.15) is 24.4 Å². The molecule has 0 aliphatic carbocycles. The highest BCUT2D eigenvalue weighted by molar-refractivity contribution is 7.99. The summed E-state index contributed by atoms with van der Waals surface area (Å²) in [5.41, 5.74) is 1.04. The Kier molecular flexibility index (Phi) is 5.18. The van der Waals surface area contributed by atoms with Crippen molar-refractivity contribution >= 4 is 17.7 Å². The molecule has 3 rings (SSSR count). The van der Waals surface area contributed by atoms with Crippen molar-refractivity contribution in [2.45, 2.75) is 23.8 Å². The van der Waals surface area contributed by atoms with Gasteiger partial charge in [0.05, 0.1) is 12.6 Å². The van der Waals surface area contributed by atoms with Crippen molar-refractivity contribution in [1.29, 1.82) is 0 Å². The minimum absolute atomic E-state index is 0.0169. The van der Waals surface area contributed by atoms with Gasteiger partial charge in [-0.25, -0.2) is 4.39 Å². The third-order valence-corrected chi connectivity index (χ3v) is 4.72. The molecule has 1 amide bonds. The number of amides is 1. The molecule has 2 aromatic rings. The Balaban J connectivity index is 1.49. The van der Waals surface area contributed by atoms with Gasteiger partial charge < -0.3 is 10.1 Å². The van der Waals surface area contributed by atoms with Gasteiger partial charge in [-0.1, -0.05) is 18.2 Å². The number of hydrogen-bond acceptors (Lipinski definition) is 3. The van der Waals surface area contributed by atoms with Crippen molar-refractivity contribution in [1.82, 2.24) is 5.32 Å². The van der Waals surface area contributed by atoms with Crippen LogP contribution in [0.5, 0.6) is 5.75 Å². The number of nitrogens with one attached hydrogen (secondary N) is 1. The molecule has 0 spiro atoms. The fraction of sp³-hybridized carbons (Fsp3) is 0.278. The van der Waals surface area contributed by atoms with Crippen LogP contribution in [0, 0.1) is 5.82 Å². The smallest absolute Gasteiger partial charge is 0.221 e. The number of halogens is 1. The average molecular weight is 331 g/mol. The molecule has 1 N–H and O–H groups in total. The van der Waals surface area contributed by atoms with Gasteiger partial charge in [-0.2, -0.15) is 0 Å². The Bertz CT molecular complexity index is 675. The number of ether oxygens (including phenoxy) is 1. The highest BCUT2D eigenvalue weighted by atomic mass is 32.2. The molecule has 0 radical (unpaired) electrons. The summed E-state index contributed by atoms with van der Waals surface area (Å²) < 4.78 is 18.4. The van der Waals surface area contributed by atoms with Crippen molar-refractivity contribution < 1.29 is 13.9 Å². The van der Waals surface area contributed by atoms with E-state index in [2.05, 4.69) is 5.32 Å². The van der Waals surface area contributed by atoms with Crippen molar-refractivity contribution in [3.05, 3.63) is 59.9 Å². The van der Waals surface area contributed by atoms with Gasteiger partial charge in [-0.15, -0.1) is 11.8 Å². The van der Waals surface area contributed by atoms with E-state index >= 15 is 0 Å². The quantitative estimate of drug-likeness (QED) is 0.843. The number of carbonyl (C=O) groups excluding carboxylic acids is 1. The highest BCUT2D eigenvalue weighted by Gasteiger charge is 2.22. The third-order valence-electron chi connectivity index (χ3n) is 3.71. The van der Waals surface area contributed by atoms with Crippen LogP contribution in [0.3, 0.4) is 0 Å². The minimum Gasteiger partial charge on any atom is -0.493 e. The summed E-state index contributed by atoms with van der Waals surface area (Å²) in [7, 11) is 0. The molecule has 1 unspecified atom stereocenters. The van der Waals surface area contributed by atoms with Gasteiger partial charge in [-0.3, -0.25) is 4.79 Å². The topological polar surface area (TPSA) is 38.3 Å². The first-order valence-corrected chi connectivity index (χ1v) is 8.60.